The molecule has 0 unspecified atom stereocenters. The fourth-order valence-corrected chi connectivity index (χ4v) is 5.51. The summed E-state index contributed by atoms with van der Waals surface area (Å²) in [5.41, 5.74) is 0.0873. The van der Waals surface area contributed by atoms with Gasteiger partial charge in [0.2, 0.25) is 0 Å². The van der Waals surface area contributed by atoms with Gasteiger partial charge in [-0.1, -0.05) is 77.6 Å². The first kappa shape index (κ1) is 23.1. The quantitative estimate of drug-likeness (QED) is 0.471. The van der Waals surface area contributed by atoms with Crippen molar-refractivity contribution in [1.82, 2.24) is 0 Å². The molecule has 1 aromatic rings. The van der Waals surface area contributed by atoms with Crippen molar-refractivity contribution < 1.29 is 9.13 Å². The van der Waals surface area contributed by atoms with E-state index in [1.54, 1.807) is 6.07 Å². The smallest absolute Gasteiger partial charge is 0.144 e. The molecule has 3 saturated carbocycles. The molecule has 3 aliphatic rings. The number of nitrogens with zero attached hydrogens (tertiary/aromatic N) is 1. The van der Waals surface area contributed by atoms with Gasteiger partial charge >= 0.3 is 0 Å². The Kier molecular flexibility index (Phi) is 9.50. The maximum absolute atomic E-state index is 13.9. The summed E-state index contributed by atoms with van der Waals surface area (Å²) in [6.45, 7) is 2.28. The minimum Gasteiger partial charge on any atom is -0.490 e. The Bertz CT molecular complexity index is 648. The third-order valence-corrected chi connectivity index (χ3v) is 7.48. The summed E-state index contributed by atoms with van der Waals surface area (Å²) in [6.07, 6.45) is 20.4. The number of rotatable bonds is 6. The van der Waals surface area contributed by atoms with Crippen LogP contribution < -0.4 is 4.74 Å². The van der Waals surface area contributed by atoms with Crippen LogP contribution in [0.4, 0.5) is 4.39 Å². The van der Waals surface area contributed by atoms with Gasteiger partial charge in [-0.15, -0.1) is 0 Å². The SMILES string of the molecule is CCCC1CCC1.N#Cc1ccc(OC(C2CCCCC2)C2CCCCC2)cc1F. The average Bonchev–Trinajstić information content (AvgIpc) is 2.76. The van der Waals surface area contributed by atoms with Gasteiger partial charge in [-0.05, 0) is 55.6 Å². The molecule has 30 heavy (non-hydrogen) atoms. The van der Waals surface area contributed by atoms with Crippen LogP contribution >= 0.6 is 0 Å². The molecule has 0 amide bonds. The van der Waals surface area contributed by atoms with E-state index in [9.17, 15) is 4.39 Å². The molecular weight excluding hydrogens is 373 g/mol. The van der Waals surface area contributed by atoms with Gasteiger partial charge in [0.25, 0.3) is 0 Å². The summed E-state index contributed by atoms with van der Waals surface area (Å²) in [5, 5.41) is 8.87. The van der Waals surface area contributed by atoms with Crippen molar-refractivity contribution in [3.63, 3.8) is 0 Å². The summed E-state index contributed by atoms with van der Waals surface area (Å²) in [6, 6.07) is 6.54. The van der Waals surface area contributed by atoms with Crippen molar-refractivity contribution >= 4 is 0 Å². The molecule has 1 aromatic carbocycles. The minimum absolute atomic E-state index is 0.0873. The third-order valence-electron chi connectivity index (χ3n) is 7.48. The van der Waals surface area contributed by atoms with Crippen LogP contribution in [0.5, 0.6) is 5.75 Å². The largest absolute Gasteiger partial charge is 0.490 e. The molecule has 0 N–H and O–H groups in total. The average molecular weight is 414 g/mol. The number of nitriles is 1. The van der Waals surface area contributed by atoms with Crippen molar-refractivity contribution in [1.29, 1.82) is 5.26 Å². The van der Waals surface area contributed by atoms with Gasteiger partial charge < -0.3 is 4.74 Å². The summed E-state index contributed by atoms with van der Waals surface area (Å²) >= 11 is 0. The molecule has 0 saturated heterocycles. The highest BCUT2D eigenvalue weighted by atomic mass is 19.1. The molecule has 3 fully saturated rings. The second-order valence-corrected chi connectivity index (χ2v) is 9.72. The van der Waals surface area contributed by atoms with Gasteiger partial charge in [-0.25, -0.2) is 4.39 Å². The maximum Gasteiger partial charge on any atom is 0.144 e. The van der Waals surface area contributed by atoms with E-state index in [0.717, 1.165) is 5.92 Å². The molecule has 3 aliphatic carbocycles. The molecule has 3 heteroatoms. The van der Waals surface area contributed by atoms with Gasteiger partial charge in [-0.3, -0.25) is 0 Å². The number of hydrogen-bond acceptors (Lipinski definition) is 2. The van der Waals surface area contributed by atoms with E-state index in [2.05, 4.69) is 6.92 Å². The lowest BCUT2D eigenvalue weighted by atomic mass is 9.75. The van der Waals surface area contributed by atoms with Gasteiger partial charge in [-0.2, -0.15) is 5.26 Å². The molecule has 0 aromatic heterocycles. The summed E-state index contributed by atoms with van der Waals surface area (Å²) in [5.74, 6) is 2.44. The molecule has 0 atom stereocenters. The molecule has 0 spiro atoms. The molecular formula is C27H40FNO. The number of benzene rings is 1. The highest BCUT2D eigenvalue weighted by Gasteiger charge is 2.33. The fourth-order valence-electron chi connectivity index (χ4n) is 5.51. The van der Waals surface area contributed by atoms with Crippen molar-refractivity contribution in [2.75, 3.05) is 0 Å². The Hall–Kier alpha value is -1.56. The second kappa shape index (κ2) is 12.3. The molecule has 0 aliphatic heterocycles. The topological polar surface area (TPSA) is 33.0 Å². The van der Waals surface area contributed by atoms with Crippen LogP contribution in [0.15, 0.2) is 18.2 Å². The van der Waals surface area contributed by atoms with Gasteiger partial charge in [0.15, 0.2) is 0 Å². The van der Waals surface area contributed by atoms with Crippen LogP contribution in [0.25, 0.3) is 0 Å². The summed E-state index contributed by atoms with van der Waals surface area (Å²) < 4.78 is 20.2. The number of halogens is 1. The fraction of sp³-hybridized carbons (Fsp3) is 0.741. The zero-order valence-corrected chi connectivity index (χ0v) is 18.9. The first-order valence-corrected chi connectivity index (χ1v) is 12.6. The normalized spacial score (nSPS) is 20.7. The van der Waals surface area contributed by atoms with Crippen LogP contribution in [-0.2, 0) is 0 Å². The summed E-state index contributed by atoms with van der Waals surface area (Å²) in [4.78, 5) is 0. The van der Waals surface area contributed by atoms with Crippen molar-refractivity contribution in [3.05, 3.63) is 29.6 Å². The standard InChI is InChI=1S/C20H26FNO.C7H14/c21-19-13-18(12-11-17(19)14-22)23-20(15-7-3-1-4-8-15)16-9-5-2-6-10-16;1-2-4-7-5-3-6-7/h11-13,15-16,20H,1-10H2;7H,2-6H2,1H3. The highest BCUT2D eigenvalue weighted by molar-refractivity contribution is 5.36. The van der Waals surface area contributed by atoms with E-state index < -0.39 is 5.82 Å². The Morgan fingerprint density at radius 1 is 0.933 bits per heavy atom. The van der Waals surface area contributed by atoms with E-state index >= 15 is 0 Å². The van der Waals surface area contributed by atoms with Gasteiger partial charge in [0, 0.05) is 6.07 Å². The lowest BCUT2D eigenvalue weighted by Gasteiger charge is -2.37. The van der Waals surface area contributed by atoms with E-state index in [1.165, 1.54) is 108 Å². The number of ether oxygens (including phenoxy) is 1. The molecule has 0 bridgehead atoms. The Balaban J connectivity index is 0.000000310. The molecule has 0 radical (unpaired) electrons. The second-order valence-electron chi connectivity index (χ2n) is 9.72. The van der Waals surface area contributed by atoms with E-state index in [-0.39, 0.29) is 11.7 Å². The van der Waals surface area contributed by atoms with Gasteiger partial charge in [0.1, 0.15) is 23.7 Å². The van der Waals surface area contributed by atoms with Crippen LogP contribution in [0, 0.1) is 34.9 Å². The predicted octanol–water partition coefficient (Wildman–Crippen LogP) is 8.19. The third kappa shape index (κ3) is 6.73. The molecule has 2 nitrogen and oxygen atoms in total. The zero-order chi connectivity index (χ0) is 21.2. The van der Waals surface area contributed by atoms with E-state index in [4.69, 9.17) is 10.00 Å². The maximum atomic E-state index is 13.9. The monoisotopic (exact) mass is 413 g/mol. The van der Waals surface area contributed by atoms with E-state index in [0.29, 0.717) is 17.6 Å². The Labute approximate surface area is 183 Å². The van der Waals surface area contributed by atoms with Crippen LogP contribution in [0.2, 0.25) is 0 Å². The lowest BCUT2D eigenvalue weighted by Crippen LogP contribution is -2.37. The van der Waals surface area contributed by atoms with Crippen molar-refractivity contribution in [3.8, 4) is 11.8 Å². The summed E-state index contributed by atoms with van der Waals surface area (Å²) in [7, 11) is 0. The highest BCUT2D eigenvalue weighted by Crippen LogP contribution is 2.38. The Morgan fingerprint density at radius 2 is 1.53 bits per heavy atom. The number of hydrogen-bond donors (Lipinski definition) is 0. The van der Waals surface area contributed by atoms with Gasteiger partial charge in [0.05, 0.1) is 5.56 Å². The lowest BCUT2D eigenvalue weighted by molar-refractivity contribution is 0.0387. The van der Waals surface area contributed by atoms with E-state index in [1.807, 2.05) is 6.07 Å². The molecule has 4 rings (SSSR count). The van der Waals surface area contributed by atoms with Crippen LogP contribution in [0.3, 0.4) is 0 Å². The van der Waals surface area contributed by atoms with Crippen LogP contribution in [-0.4, -0.2) is 6.10 Å². The van der Waals surface area contributed by atoms with Crippen molar-refractivity contribution in [2.24, 2.45) is 17.8 Å². The molecule has 0 heterocycles. The molecule has 166 valence electrons. The first-order valence-electron chi connectivity index (χ1n) is 12.6. The first-order chi connectivity index (χ1) is 14.7. The van der Waals surface area contributed by atoms with Crippen LogP contribution in [0.1, 0.15) is 109 Å². The predicted molar refractivity (Wildman–Crippen MR) is 121 cm³/mol. The Morgan fingerprint density at radius 3 is 1.93 bits per heavy atom. The van der Waals surface area contributed by atoms with Crippen molar-refractivity contribution in [2.45, 2.75) is 109 Å². The minimum atomic E-state index is -0.476. The zero-order valence-electron chi connectivity index (χ0n) is 18.9.